The summed E-state index contributed by atoms with van der Waals surface area (Å²) in [5.41, 5.74) is 8.27. The van der Waals surface area contributed by atoms with E-state index in [2.05, 4.69) is 15.5 Å². The highest BCUT2D eigenvalue weighted by molar-refractivity contribution is 5.95. The van der Waals surface area contributed by atoms with Crippen molar-refractivity contribution in [2.24, 2.45) is 5.73 Å². The van der Waals surface area contributed by atoms with Gasteiger partial charge in [0, 0.05) is 16.8 Å². The van der Waals surface area contributed by atoms with Crippen molar-refractivity contribution in [2.75, 3.05) is 11.9 Å². The Labute approximate surface area is 151 Å². The van der Waals surface area contributed by atoms with Gasteiger partial charge in [-0.1, -0.05) is 11.2 Å². The van der Waals surface area contributed by atoms with Crippen molar-refractivity contribution >= 4 is 11.6 Å². The summed E-state index contributed by atoms with van der Waals surface area (Å²) in [5, 5.41) is 7.19. The SMILES string of the molecule is CCOc1ccc(-c2noc(CNc3cccc(C(N)=O)c3C)n2)cc1. The Bertz CT molecular complexity index is 903. The second-order valence-corrected chi connectivity index (χ2v) is 5.67. The van der Waals surface area contributed by atoms with Crippen molar-refractivity contribution in [3.8, 4) is 17.1 Å². The van der Waals surface area contributed by atoms with Gasteiger partial charge in [-0.15, -0.1) is 0 Å². The van der Waals surface area contributed by atoms with Gasteiger partial charge in [-0.3, -0.25) is 4.79 Å². The van der Waals surface area contributed by atoms with Crippen LogP contribution in [0.5, 0.6) is 5.75 Å². The van der Waals surface area contributed by atoms with E-state index in [1.165, 1.54) is 0 Å². The van der Waals surface area contributed by atoms with Crippen LogP contribution in [0.25, 0.3) is 11.4 Å². The van der Waals surface area contributed by atoms with Gasteiger partial charge in [0.1, 0.15) is 5.75 Å². The zero-order valence-electron chi connectivity index (χ0n) is 14.7. The quantitative estimate of drug-likeness (QED) is 0.677. The topological polar surface area (TPSA) is 103 Å². The third kappa shape index (κ3) is 3.83. The maximum absolute atomic E-state index is 11.4. The molecule has 1 heterocycles. The van der Waals surface area contributed by atoms with E-state index in [-0.39, 0.29) is 0 Å². The van der Waals surface area contributed by atoms with Crippen LogP contribution in [0.3, 0.4) is 0 Å². The lowest BCUT2D eigenvalue weighted by Crippen LogP contribution is -2.14. The zero-order chi connectivity index (χ0) is 18.5. The number of nitrogens with one attached hydrogen (secondary N) is 1. The Morgan fingerprint density at radius 3 is 2.69 bits per heavy atom. The van der Waals surface area contributed by atoms with Crippen molar-refractivity contribution in [3.05, 3.63) is 59.5 Å². The number of carbonyl (C=O) groups excluding carboxylic acids is 1. The lowest BCUT2D eigenvalue weighted by atomic mass is 10.1. The van der Waals surface area contributed by atoms with Gasteiger partial charge in [-0.05, 0) is 55.8 Å². The molecule has 0 aliphatic rings. The minimum absolute atomic E-state index is 0.340. The summed E-state index contributed by atoms with van der Waals surface area (Å²) in [5.74, 6) is 1.29. The maximum atomic E-state index is 11.4. The van der Waals surface area contributed by atoms with E-state index in [1.807, 2.05) is 44.2 Å². The zero-order valence-corrected chi connectivity index (χ0v) is 14.7. The van der Waals surface area contributed by atoms with Crippen LogP contribution in [-0.2, 0) is 6.54 Å². The highest BCUT2D eigenvalue weighted by atomic mass is 16.5. The number of nitrogens with zero attached hydrogens (tertiary/aromatic N) is 2. The van der Waals surface area contributed by atoms with Gasteiger partial charge in [0.25, 0.3) is 0 Å². The number of rotatable bonds is 7. The number of anilines is 1. The number of nitrogens with two attached hydrogens (primary N) is 1. The van der Waals surface area contributed by atoms with E-state index in [4.69, 9.17) is 15.0 Å². The molecule has 0 saturated heterocycles. The van der Waals surface area contributed by atoms with Crippen LogP contribution in [-0.4, -0.2) is 22.7 Å². The van der Waals surface area contributed by atoms with Crippen LogP contribution in [0, 0.1) is 6.92 Å². The fourth-order valence-corrected chi connectivity index (χ4v) is 2.58. The molecule has 3 rings (SSSR count). The standard InChI is InChI=1S/C19H20N4O3/c1-3-25-14-9-7-13(8-10-14)19-22-17(26-23-19)11-21-16-6-4-5-15(12(16)2)18(20)24/h4-10,21H,3,11H2,1-2H3,(H2,20,24). The van der Waals surface area contributed by atoms with Crippen molar-refractivity contribution in [1.29, 1.82) is 0 Å². The monoisotopic (exact) mass is 352 g/mol. The molecule has 26 heavy (non-hydrogen) atoms. The van der Waals surface area contributed by atoms with Gasteiger partial charge in [-0.25, -0.2) is 0 Å². The minimum Gasteiger partial charge on any atom is -0.494 e. The Kier molecular flexibility index (Phi) is 5.17. The molecule has 1 aromatic heterocycles. The molecule has 0 atom stereocenters. The van der Waals surface area contributed by atoms with Crippen LogP contribution >= 0.6 is 0 Å². The molecule has 3 aromatic rings. The Morgan fingerprint density at radius 1 is 1.23 bits per heavy atom. The first kappa shape index (κ1) is 17.5. The summed E-state index contributed by atoms with van der Waals surface area (Å²) >= 11 is 0. The Balaban J connectivity index is 1.69. The highest BCUT2D eigenvalue weighted by Crippen LogP contribution is 2.22. The average molecular weight is 352 g/mol. The van der Waals surface area contributed by atoms with E-state index in [0.29, 0.717) is 30.4 Å². The van der Waals surface area contributed by atoms with E-state index in [9.17, 15) is 4.79 Å². The number of amides is 1. The summed E-state index contributed by atoms with van der Waals surface area (Å²) in [6, 6.07) is 12.8. The van der Waals surface area contributed by atoms with Crippen LogP contribution < -0.4 is 15.8 Å². The Hall–Kier alpha value is -3.35. The molecule has 0 fully saturated rings. The van der Waals surface area contributed by atoms with E-state index in [1.54, 1.807) is 12.1 Å². The minimum atomic E-state index is -0.457. The first-order chi connectivity index (χ1) is 12.6. The largest absolute Gasteiger partial charge is 0.494 e. The van der Waals surface area contributed by atoms with Gasteiger partial charge < -0.3 is 20.3 Å². The first-order valence-electron chi connectivity index (χ1n) is 8.27. The fourth-order valence-electron chi connectivity index (χ4n) is 2.58. The summed E-state index contributed by atoms with van der Waals surface area (Å²) < 4.78 is 10.7. The number of aromatic nitrogens is 2. The molecule has 0 unspecified atom stereocenters. The molecule has 7 nitrogen and oxygen atoms in total. The average Bonchev–Trinajstić information content (AvgIpc) is 3.10. The molecule has 3 N–H and O–H groups in total. The summed E-state index contributed by atoms with van der Waals surface area (Å²) in [6.45, 7) is 4.73. The fraction of sp³-hybridized carbons (Fsp3) is 0.211. The molecule has 2 aromatic carbocycles. The van der Waals surface area contributed by atoms with Crippen LogP contribution in [0.2, 0.25) is 0 Å². The summed E-state index contributed by atoms with van der Waals surface area (Å²) in [4.78, 5) is 15.8. The smallest absolute Gasteiger partial charge is 0.249 e. The molecular formula is C19H20N4O3. The maximum Gasteiger partial charge on any atom is 0.249 e. The van der Waals surface area contributed by atoms with Crippen LogP contribution in [0.4, 0.5) is 5.69 Å². The molecule has 0 radical (unpaired) electrons. The summed E-state index contributed by atoms with van der Waals surface area (Å²) in [7, 11) is 0. The number of benzene rings is 2. The number of hydrogen-bond acceptors (Lipinski definition) is 6. The van der Waals surface area contributed by atoms with E-state index >= 15 is 0 Å². The molecule has 0 aliphatic heterocycles. The lowest BCUT2D eigenvalue weighted by molar-refractivity contribution is 0.1000. The van der Waals surface area contributed by atoms with Crippen molar-refractivity contribution in [3.63, 3.8) is 0 Å². The van der Waals surface area contributed by atoms with Gasteiger partial charge >= 0.3 is 0 Å². The predicted octanol–water partition coefficient (Wildman–Crippen LogP) is 3.15. The lowest BCUT2D eigenvalue weighted by Gasteiger charge is -2.09. The Morgan fingerprint density at radius 2 is 2.00 bits per heavy atom. The van der Waals surface area contributed by atoms with Crippen molar-refractivity contribution < 1.29 is 14.1 Å². The number of primary amides is 1. The van der Waals surface area contributed by atoms with Crippen molar-refractivity contribution in [2.45, 2.75) is 20.4 Å². The molecular weight excluding hydrogens is 332 g/mol. The summed E-state index contributed by atoms with van der Waals surface area (Å²) in [6.07, 6.45) is 0. The number of hydrogen-bond donors (Lipinski definition) is 2. The second-order valence-electron chi connectivity index (χ2n) is 5.67. The molecule has 134 valence electrons. The van der Waals surface area contributed by atoms with Gasteiger partial charge in [0.05, 0.1) is 13.2 Å². The molecule has 0 bridgehead atoms. The third-order valence-corrected chi connectivity index (χ3v) is 3.92. The number of ether oxygens (including phenoxy) is 1. The van der Waals surface area contributed by atoms with E-state index < -0.39 is 5.91 Å². The normalized spacial score (nSPS) is 10.5. The predicted molar refractivity (Wildman–Crippen MR) is 97.9 cm³/mol. The molecule has 0 aliphatic carbocycles. The van der Waals surface area contributed by atoms with Gasteiger partial charge in [-0.2, -0.15) is 4.98 Å². The molecule has 7 heteroatoms. The van der Waals surface area contributed by atoms with Crippen LogP contribution in [0.1, 0.15) is 28.7 Å². The molecule has 0 saturated carbocycles. The molecule has 0 spiro atoms. The highest BCUT2D eigenvalue weighted by Gasteiger charge is 2.11. The number of carbonyl (C=O) groups is 1. The van der Waals surface area contributed by atoms with E-state index in [0.717, 1.165) is 22.6 Å². The van der Waals surface area contributed by atoms with Gasteiger partial charge in [0.2, 0.25) is 17.6 Å². The van der Waals surface area contributed by atoms with Crippen molar-refractivity contribution in [1.82, 2.24) is 10.1 Å². The van der Waals surface area contributed by atoms with Gasteiger partial charge in [0.15, 0.2) is 0 Å². The molecule has 1 amide bonds. The first-order valence-corrected chi connectivity index (χ1v) is 8.27. The van der Waals surface area contributed by atoms with Crippen LogP contribution in [0.15, 0.2) is 47.0 Å². The second kappa shape index (κ2) is 7.69. The third-order valence-electron chi connectivity index (χ3n) is 3.92.